The second kappa shape index (κ2) is 30.0. The van der Waals surface area contributed by atoms with E-state index < -0.39 is 89.7 Å². The van der Waals surface area contributed by atoms with Crippen molar-refractivity contribution in [2.24, 2.45) is 5.73 Å². The van der Waals surface area contributed by atoms with Gasteiger partial charge in [-0.3, -0.25) is 20.2 Å². The van der Waals surface area contributed by atoms with E-state index in [9.17, 15) is 51.1 Å². The number of carbonyl (C=O) groups is 7. The molecule has 6 aromatic rings. The number of likely N-dealkylation sites (N-methyl/N-ethyl adjacent to an activating group) is 2. The molecule has 0 saturated heterocycles. The fourth-order valence-electron chi connectivity index (χ4n) is 6.96. The molecule has 9 amide bonds. The first-order valence-corrected chi connectivity index (χ1v) is 25.2. The molecule has 9 N–H and O–H groups in total. The third-order valence-corrected chi connectivity index (χ3v) is 12.2. The first-order valence-electron chi connectivity index (χ1n) is 24.4. The summed E-state index contributed by atoms with van der Waals surface area (Å²) in [6.45, 7) is 3.25. The Balaban J connectivity index is 0.000000302. The van der Waals surface area contributed by atoms with Crippen LogP contribution in [0.2, 0.25) is 10.0 Å². The maximum absolute atomic E-state index is 13.8. The first kappa shape index (κ1) is 63.1. The van der Waals surface area contributed by atoms with Crippen molar-refractivity contribution in [2.75, 3.05) is 64.1 Å². The monoisotopic (exact) mass is 1170 g/mol. The SMILES string of the molecule is CN(C(=O)NCc1cccc(F)c1Cl)[C@@H](CNC(=O)CN)COC(=O)Nc1cc2cc(F)ccc2cn1.CN(C(=O)NCc1cccc(F)c1Cl)[C@@H](CNC(=O)CNC(=O)OC(C)(C)C)COC(=O)Nc1cc2cc(F)ccc2cn1. The van der Waals surface area contributed by atoms with Crippen LogP contribution in [0.15, 0.2) is 97.3 Å². The topological polar surface area (TPSA) is 290 Å². The van der Waals surface area contributed by atoms with Crippen molar-refractivity contribution >= 4 is 98.5 Å². The van der Waals surface area contributed by atoms with E-state index in [4.69, 9.17) is 43.1 Å². The van der Waals surface area contributed by atoms with Crippen molar-refractivity contribution in [2.45, 2.75) is 51.5 Å². The Morgan fingerprint density at radius 2 is 1.01 bits per heavy atom. The zero-order chi connectivity index (χ0) is 59.4. The maximum Gasteiger partial charge on any atom is 0.412 e. The summed E-state index contributed by atoms with van der Waals surface area (Å²) in [7, 11) is 2.83. The lowest BCUT2D eigenvalue weighted by molar-refractivity contribution is -0.121. The summed E-state index contributed by atoms with van der Waals surface area (Å²) < 4.78 is 70.2. The highest BCUT2D eigenvalue weighted by molar-refractivity contribution is 6.31. The predicted molar refractivity (Wildman–Crippen MR) is 293 cm³/mol. The van der Waals surface area contributed by atoms with E-state index in [1.54, 1.807) is 45.0 Å². The summed E-state index contributed by atoms with van der Waals surface area (Å²) in [4.78, 5) is 97.0. The lowest BCUT2D eigenvalue weighted by atomic mass is 10.2. The van der Waals surface area contributed by atoms with Gasteiger partial charge in [0, 0.05) is 63.4 Å². The molecule has 22 nitrogen and oxygen atoms in total. The number of fused-ring (bicyclic) bond motifs is 2. The number of halogens is 6. The molecule has 0 aliphatic rings. The zero-order valence-electron chi connectivity index (χ0n) is 44.3. The molecular formula is C53H58Cl2F4N12O10. The van der Waals surface area contributed by atoms with Crippen LogP contribution in [0.3, 0.4) is 0 Å². The van der Waals surface area contributed by atoms with Gasteiger partial charge >= 0.3 is 30.3 Å². The van der Waals surface area contributed by atoms with Crippen molar-refractivity contribution in [3.63, 3.8) is 0 Å². The molecule has 6 rings (SSSR count). The van der Waals surface area contributed by atoms with Crippen LogP contribution in [0.5, 0.6) is 0 Å². The molecule has 0 radical (unpaired) electrons. The number of alkyl carbamates (subject to hydrolysis) is 1. The summed E-state index contributed by atoms with van der Waals surface area (Å²) in [6, 6.07) is 16.7. The number of ether oxygens (including phenoxy) is 3. The molecule has 0 spiro atoms. The number of pyridine rings is 2. The van der Waals surface area contributed by atoms with Crippen LogP contribution in [-0.2, 0) is 36.9 Å². The molecule has 28 heteroatoms. The number of nitrogens with one attached hydrogen (secondary N) is 7. The minimum absolute atomic E-state index is 0.0583. The number of amides is 9. The number of aromatic nitrogens is 2. The highest BCUT2D eigenvalue weighted by Gasteiger charge is 2.26. The van der Waals surface area contributed by atoms with Gasteiger partial charge in [-0.15, -0.1) is 0 Å². The van der Waals surface area contributed by atoms with Crippen molar-refractivity contribution in [1.82, 2.24) is 46.4 Å². The highest BCUT2D eigenvalue weighted by atomic mass is 35.5. The Kier molecular flexibility index (Phi) is 23.4. The van der Waals surface area contributed by atoms with Crippen molar-refractivity contribution in [1.29, 1.82) is 0 Å². The van der Waals surface area contributed by atoms with E-state index in [-0.39, 0.29) is 67.6 Å². The van der Waals surface area contributed by atoms with Crippen molar-refractivity contribution < 1.29 is 65.3 Å². The second-order valence-electron chi connectivity index (χ2n) is 18.5. The van der Waals surface area contributed by atoms with Crippen LogP contribution in [0, 0.1) is 23.3 Å². The van der Waals surface area contributed by atoms with E-state index >= 15 is 0 Å². The van der Waals surface area contributed by atoms with Gasteiger partial charge < -0.3 is 56.3 Å². The van der Waals surface area contributed by atoms with Crippen LogP contribution in [-0.4, -0.2) is 133 Å². The van der Waals surface area contributed by atoms with Crippen LogP contribution >= 0.6 is 23.2 Å². The molecule has 0 bridgehead atoms. The molecule has 2 aromatic heterocycles. The van der Waals surface area contributed by atoms with Gasteiger partial charge in [-0.05, 0) is 103 Å². The smallest absolute Gasteiger partial charge is 0.412 e. The molecule has 2 heterocycles. The van der Waals surface area contributed by atoms with Crippen molar-refractivity contribution in [3.05, 3.63) is 142 Å². The van der Waals surface area contributed by atoms with Gasteiger partial charge in [0.2, 0.25) is 11.8 Å². The number of nitrogens with two attached hydrogens (primary N) is 1. The Morgan fingerprint density at radius 3 is 1.43 bits per heavy atom. The Labute approximate surface area is 471 Å². The largest absolute Gasteiger partial charge is 0.447 e. The van der Waals surface area contributed by atoms with Gasteiger partial charge in [-0.25, -0.2) is 51.5 Å². The summed E-state index contributed by atoms with van der Waals surface area (Å²) in [5, 5.41) is 19.6. The van der Waals surface area contributed by atoms with E-state index in [1.165, 1.54) is 97.0 Å². The zero-order valence-corrected chi connectivity index (χ0v) is 45.8. The van der Waals surface area contributed by atoms with Crippen LogP contribution in [0.25, 0.3) is 21.5 Å². The standard InChI is InChI=1S/C29H33ClF2N6O6.C24H25ClF2N6O4/c1-29(2,3)44-27(41)36-15-24(39)34-14-21(38(4)26(40)35-13-18-6-5-7-22(32)25(18)30)16-43-28(42)37-23-11-19-10-20(31)9-8-17(19)12-33-23;1-33(23(35)31-11-15-3-2-4-19(27)22(15)25)18(12-30-21(34)9-28)13-37-24(36)32-20-8-16-7-17(26)6-5-14(16)10-29-20/h5-12,21H,13-16H2,1-4H3,(H,34,39)(H,35,40)(H,36,41)(H,33,37,42);2-8,10,18H,9,11-13,28H2,1H3,(H,30,34)(H,31,35)(H,29,32,36)/t21-;18-/m00/s1. The molecule has 2 atom stereocenters. The van der Waals surface area contributed by atoms with Gasteiger partial charge in [-0.2, -0.15) is 0 Å². The van der Waals surface area contributed by atoms with Gasteiger partial charge in [0.25, 0.3) is 0 Å². The molecule has 81 heavy (non-hydrogen) atoms. The average molecular weight is 1170 g/mol. The van der Waals surface area contributed by atoms with E-state index in [0.717, 1.165) is 0 Å². The minimum atomic E-state index is -0.920. The summed E-state index contributed by atoms with van der Waals surface area (Å²) >= 11 is 11.9. The van der Waals surface area contributed by atoms with E-state index in [1.807, 2.05) is 0 Å². The molecule has 0 aliphatic carbocycles. The molecule has 0 saturated carbocycles. The molecule has 0 fully saturated rings. The Bertz CT molecular complexity index is 3240. The van der Waals surface area contributed by atoms with E-state index in [0.29, 0.717) is 32.7 Å². The number of urea groups is 2. The summed E-state index contributed by atoms with van der Waals surface area (Å²) in [5.74, 6) is -2.98. The number of rotatable bonds is 19. The predicted octanol–water partition coefficient (Wildman–Crippen LogP) is 7.57. The molecule has 4 aromatic carbocycles. The quantitative estimate of drug-likeness (QED) is 0.0287. The van der Waals surface area contributed by atoms with Gasteiger partial charge in [0.15, 0.2) is 0 Å². The maximum atomic E-state index is 13.8. The highest BCUT2D eigenvalue weighted by Crippen LogP contribution is 2.22. The van der Waals surface area contributed by atoms with Gasteiger partial charge in [-0.1, -0.05) is 47.5 Å². The van der Waals surface area contributed by atoms with E-state index in [2.05, 4.69) is 47.2 Å². The number of benzene rings is 4. The summed E-state index contributed by atoms with van der Waals surface area (Å²) in [6.07, 6.45) is 0.340. The fraction of sp³-hybridized carbons (Fsp3) is 0.302. The van der Waals surface area contributed by atoms with Crippen LogP contribution in [0.1, 0.15) is 31.9 Å². The lowest BCUT2D eigenvalue weighted by Gasteiger charge is -2.28. The third-order valence-electron chi connectivity index (χ3n) is 11.3. The molecule has 432 valence electrons. The number of hydrogen-bond donors (Lipinski definition) is 8. The first-order chi connectivity index (χ1) is 38.4. The van der Waals surface area contributed by atoms with Gasteiger partial charge in [0.05, 0.1) is 35.2 Å². The Hall–Kier alpha value is -8.75. The normalized spacial score (nSPS) is 11.6. The molecule has 0 aliphatic heterocycles. The molecular weight excluding hydrogens is 1110 g/mol. The van der Waals surface area contributed by atoms with Gasteiger partial charge in [0.1, 0.15) is 53.7 Å². The minimum Gasteiger partial charge on any atom is -0.447 e. The van der Waals surface area contributed by atoms with Crippen molar-refractivity contribution in [3.8, 4) is 0 Å². The van der Waals surface area contributed by atoms with Crippen LogP contribution in [0.4, 0.5) is 53.2 Å². The number of nitrogens with zero attached hydrogens (tertiary/aromatic N) is 4. The second-order valence-corrected chi connectivity index (χ2v) is 19.3. The summed E-state index contributed by atoms with van der Waals surface area (Å²) in [5.41, 5.74) is 5.27. The lowest BCUT2D eigenvalue weighted by Crippen LogP contribution is -2.52. The fourth-order valence-corrected chi connectivity index (χ4v) is 7.34. The average Bonchev–Trinajstić information content (AvgIpc) is 3.48. The van der Waals surface area contributed by atoms with Crippen LogP contribution < -0.4 is 43.0 Å². The third kappa shape index (κ3) is 20.5. The Morgan fingerprint density at radius 1 is 0.580 bits per heavy atom. The number of hydrogen-bond acceptors (Lipinski definition) is 13. The molecule has 0 unspecified atom stereocenters. The number of carbonyl (C=O) groups excluding carboxylic acids is 7. The number of anilines is 2.